The Balaban J connectivity index is 1.06. The summed E-state index contributed by atoms with van der Waals surface area (Å²) in [6.07, 6.45) is 3.03. The molecule has 1 aliphatic carbocycles. The van der Waals surface area contributed by atoms with Crippen LogP contribution in [0.15, 0.2) is 48.5 Å². The number of imidazole rings is 1. The van der Waals surface area contributed by atoms with Crippen LogP contribution in [0.4, 0.5) is 10.1 Å². The summed E-state index contributed by atoms with van der Waals surface area (Å²) in [6.45, 7) is 5.10. The Morgan fingerprint density at radius 2 is 1.98 bits per heavy atom. The minimum absolute atomic E-state index is 0.0579. The Hall–Kier alpha value is -4.37. The average Bonchev–Trinajstić information content (AvgIpc) is 3.52. The van der Waals surface area contributed by atoms with Crippen LogP contribution in [0, 0.1) is 17.1 Å². The molecule has 1 saturated carbocycles. The average molecular weight is 644 g/mol. The van der Waals surface area contributed by atoms with Crippen molar-refractivity contribution in [3.63, 3.8) is 0 Å². The third-order valence-electron chi connectivity index (χ3n) is 9.81. The summed E-state index contributed by atoms with van der Waals surface area (Å²) in [5.41, 5.74) is 2.81. The largest absolute Gasteiger partial charge is 0.478 e. The number of carbonyl (C=O) groups is 1. The maximum absolute atomic E-state index is 15.0. The summed E-state index contributed by atoms with van der Waals surface area (Å²) in [5, 5.41) is 19.2. The molecule has 8 rings (SSSR count). The lowest BCUT2D eigenvalue weighted by Gasteiger charge is -2.54. The highest BCUT2D eigenvalue weighted by molar-refractivity contribution is 6.35. The van der Waals surface area contributed by atoms with E-state index < -0.39 is 17.6 Å². The quantitative estimate of drug-likeness (QED) is 0.272. The third kappa shape index (κ3) is 4.66. The molecule has 0 radical (unpaired) electrons. The molecule has 3 aliphatic heterocycles. The molecule has 46 heavy (non-hydrogen) atoms. The smallest absolute Gasteiger partial charge is 0.335 e. The van der Waals surface area contributed by atoms with Crippen molar-refractivity contribution in [2.24, 2.45) is 0 Å². The van der Waals surface area contributed by atoms with Crippen molar-refractivity contribution in [2.75, 3.05) is 24.6 Å². The number of hydrogen-bond donors (Lipinski definition) is 1. The minimum Gasteiger partial charge on any atom is -0.478 e. The lowest BCUT2D eigenvalue weighted by molar-refractivity contribution is -0.0706. The SMILES string of the molecule is C[C@]1(c2ccc(C#N)cc2F)Oc2cccc(N3CCN(Cc4nc5c(Cl)cc(C(=O)O)cc5n4C[C@@H]4CCO4)[C@@H]4CC[C@H]43)c2O1. The summed E-state index contributed by atoms with van der Waals surface area (Å²) in [4.78, 5) is 21.6. The van der Waals surface area contributed by atoms with Crippen molar-refractivity contribution in [3.05, 3.63) is 81.9 Å². The van der Waals surface area contributed by atoms with Gasteiger partial charge in [-0.05, 0) is 61.7 Å². The van der Waals surface area contributed by atoms with Crippen LogP contribution in [0.3, 0.4) is 0 Å². The van der Waals surface area contributed by atoms with Crippen LogP contribution in [-0.4, -0.2) is 63.4 Å². The first-order valence-electron chi connectivity index (χ1n) is 15.5. The van der Waals surface area contributed by atoms with E-state index in [1.165, 1.54) is 12.1 Å². The molecule has 2 saturated heterocycles. The summed E-state index contributed by atoms with van der Waals surface area (Å²) in [5.74, 6) is -0.991. The lowest BCUT2D eigenvalue weighted by atomic mass is 9.81. The Kier molecular flexibility index (Phi) is 6.86. The second-order valence-electron chi connectivity index (χ2n) is 12.5. The fourth-order valence-electron chi connectivity index (χ4n) is 7.21. The van der Waals surface area contributed by atoms with Crippen LogP contribution in [0.25, 0.3) is 11.0 Å². The molecule has 3 aromatic carbocycles. The monoisotopic (exact) mass is 643 g/mol. The molecule has 236 valence electrons. The van der Waals surface area contributed by atoms with E-state index in [1.807, 2.05) is 24.3 Å². The number of hydrogen-bond acceptors (Lipinski definition) is 8. The number of aromatic nitrogens is 2. The number of benzene rings is 3. The van der Waals surface area contributed by atoms with Gasteiger partial charge in [0.2, 0.25) is 0 Å². The molecular formula is C34H31ClFN5O5. The number of piperazine rings is 1. The predicted octanol–water partition coefficient (Wildman–Crippen LogP) is 5.68. The highest BCUT2D eigenvalue weighted by atomic mass is 35.5. The zero-order valence-corrected chi connectivity index (χ0v) is 25.8. The van der Waals surface area contributed by atoms with Gasteiger partial charge >= 0.3 is 5.97 Å². The van der Waals surface area contributed by atoms with Crippen LogP contribution in [0.1, 0.15) is 53.5 Å². The predicted molar refractivity (Wildman–Crippen MR) is 167 cm³/mol. The van der Waals surface area contributed by atoms with Crippen molar-refractivity contribution in [3.8, 4) is 17.6 Å². The number of carboxylic acids is 1. The second kappa shape index (κ2) is 10.9. The van der Waals surface area contributed by atoms with Gasteiger partial charge in [0.05, 0.1) is 58.2 Å². The number of fused-ring (bicyclic) bond motifs is 3. The zero-order chi connectivity index (χ0) is 31.7. The first-order chi connectivity index (χ1) is 22.2. The van der Waals surface area contributed by atoms with Gasteiger partial charge in [0, 0.05) is 38.7 Å². The van der Waals surface area contributed by atoms with Crippen LogP contribution < -0.4 is 14.4 Å². The number of halogens is 2. The number of aromatic carboxylic acids is 1. The van der Waals surface area contributed by atoms with Gasteiger partial charge in [-0.15, -0.1) is 0 Å². The molecule has 4 aromatic rings. The number of rotatable bonds is 7. The van der Waals surface area contributed by atoms with E-state index in [0.717, 1.165) is 50.5 Å². The molecule has 4 heterocycles. The van der Waals surface area contributed by atoms with E-state index in [9.17, 15) is 9.90 Å². The number of ether oxygens (including phenoxy) is 3. The molecule has 0 spiro atoms. The standard InChI is InChI=1S/C34H31ClFN5O5/c1-34(22-6-5-19(16-37)13-24(22)36)45-29-4-2-3-27(32(29)46-34)40-11-10-39(25-7-8-26(25)40)18-30-38-31-23(35)14-20(33(42)43)15-28(31)41(30)17-21-9-12-44-21/h2-6,13-15,21,25-26H,7-12,17-18H2,1H3,(H,42,43)/t21-,25+,26+,34-/m0/s1. The summed E-state index contributed by atoms with van der Waals surface area (Å²) < 4.78 is 35.5. The molecule has 0 amide bonds. The molecule has 10 nitrogen and oxygen atoms in total. The topological polar surface area (TPSA) is 113 Å². The van der Waals surface area contributed by atoms with Crippen LogP contribution in [0.2, 0.25) is 5.02 Å². The number of nitrogens with zero attached hydrogens (tertiary/aromatic N) is 5. The Labute approximate surface area is 269 Å². The number of para-hydroxylation sites is 1. The number of anilines is 1. The number of nitriles is 1. The maximum atomic E-state index is 15.0. The van der Waals surface area contributed by atoms with Gasteiger partial charge in [-0.1, -0.05) is 17.7 Å². The lowest BCUT2D eigenvalue weighted by Crippen LogP contribution is -2.64. The molecule has 1 N–H and O–H groups in total. The van der Waals surface area contributed by atoms with Gasteiger partial charge in [-0.3, -0.25) is 4.90 Å². The van der Waals surface area contributed by atoms with Crippen LogP contribution >= 0.6 is 11.6 Å². The molecule has 4 atom stereocenters. The Morgan fingerprint density at radius 1 is 1.15 bits per heavy atom. The summed E-state index contributed by atoms with van der Waals surface area (Å²) >= 11 is 6.55. The maximum Gasteiger partial charge on any atom is 0.335 e. The van der Waals surface area contributed by atoms with Crippen molar-refractivity contribution in [2.45, 2.75) is 63.3 Å². The first kappa shape index (κ1) is 29.1. The van der Waals surface area contributed by atoms with Crippen molar-refractivity contribution in [1.82, 2.24) is 14.5 Å². The molecule has 0 bridgehead atoms. The van der Waals surface area contributed by atoms with E-state index in [4.69, 9.17) is 36.1 Å². The normalized spacial score (nSPS) is 25.1. The second-order valence-corrected chi connectivity index (χ2v) is 12.9. The minimum atomic E-state index is -1.37. The Bertz CT molecular complexity index is 1940. The molecular weight excluding hydrogens is 613 g/mol. The third-order valence-corrected chi connectivity index (χ3v) is 10.1. The number of carboxylic acid groups (broad SMARTS) is 1. The van der Waals surface area contributed by atoms with Gasteiger partial charge in [0.1, 0.15) is 17.2 Å². The van der Waals surface area contributed by atoms with E-state index in [1.54, 1.807) is 25.1 Å². The fourth-order valence-corrected chi connectivity index (χ4v) is 7.47. The fraction of sp³-hybridized carbons (Fsp3) is 0.382. The van der Waals surface area contributed by atoms with E-state index in [0.29, 0.717) is 40.6 Å². The van der Waals surface area contributed by atoms with Gasteiger partial charge in [0.25, 0.3) is 5.79 Å². The van der Waals surface area contributed by atoms with E-state index >= 15 is 4.39 Å². The highest BCUT2D eigenvalue weighted by Crippen LogP contribution is 2.51. The van der Waals surface area contributed by atoms with E-state index in [-0.39, 0.29) is 34.9 Å². The van der Waals surface area contributed by atoms with Crippen molar-refractivity contribution in [1.29, 1.82) is 5.26 Å². The van der Waals surface area contributed by atoms with Crippen molar-refractivity contribution < 1.29 is 28.5 Å². The molecule has 12 heteroatoms. The molecule has 1 aromatic heterocycles. The molecule has 4 aliphatic rings. The first-order valence-corrected chi connectivity index (χ1v) is 15.9. The van der Waals surface area contributed by atoms with Gasteiger partial charge in [-0.2, -0.15) is 5.26 Å². The van der Waals surface area contributed by atoms with Crippen LogP contribution in [-0.2, 0) is 23.6 Å². The summed E-state index contributed by atoms with van der Waals surface area (Å²) in [7, 11) is 0. The molecule has 3 fully saturated rings. The zero-order valence-electron chi connectivity index (χ0n) is 25.1. The van der Waals surface area contributed by atoms with Gasteiger partial charge in [-0.25, -0.2) is 14.2 Å². The van der Waals surface area contributed by atoms with Gasteiger partial charge in [0.15, 0.2) is 11.5 Å². The summed E-state index contributed by atoms with van der Waals surface area (Å²) in [6, 6.07) is 15.7. The van der Waals surface area contributed by atoms with Gasteiger partial charge < -0.3 is 28.8 Å². The van der Waals surface area contributed by atoms with Crippen LogP contribution in [0.5, 0.6) is 11.5 Å². The highest BCUT2D eigenvalue weighted by Gasteiger charge is 2.47. The van der Waals surface area contributed by atoms with E-state index in [2.05, 4.69) is 14.4 Å². The molecule has 0 unspecified atom stereocenters. The Morgan fingerprint density at radius 3 is 2.67 bits per heavy atom. The van der Waals surface area contributed by atoms with Crippen molar-refractivity contribution >= 4 is 34.3 Å².